The van der Waals surface area contributed by atoms with E-state index < -0.39 is 11.2 Å². The van der Waals surface area contributed by atoms with Crippen LogP contribution in [0.15, 0.2) is 74.8 Å². The van der Waals surface area contributed by atoms with E-state index in [2.05, 4.69) is 32.3 Å². The summed E-state index contributed by atoms with van der Waals surface area (Å²) in [6, 6.07) is 18.9. The molecule has 0 radical (unpaired) electrons. The molecular weight excluding hydrogens is 462 g/mol. The van der Waals surface area contributed by atoms with Crippen molar-refractivity contribution >= 4 is 11.6 Å². The van der Waals surface area contributed by atoms with Gasteiger partial charge in [-0.25, -0.2) is 4.79 Å². The fourth-order valence-electron chi connectivity index (χ4n) is 4.13. The first kappa shape index (κ1) is 23.2. The molecule has 1 aliphatic heterocycles. The van der Waals surface area contributed by atoms with Gasteiger partial charge in [0.05, 0.1) is 5.69 Å². The normalized spacial score (nSPS) is 13.7. The van der Waals surface area contributed by atoms with Gasteiger partial charge in [-0.3, -0.25) is 14.2 Å². The summed E-state index contributed by atoms with van der Waals surface area (Å²) in [5.74, 6) is 0.205. The third-order valence-corrected chi connectivity index (χ3v) is 6.16. The Labute approximate surface area is 206 Å². The van der Waals surface area contributed by atoms with Crippen molar-refractivity contribution in [1.29, 1.82) is 0 Å². The molecule has 184 valence electrons. The van der Waals surface area contributed by atoms with Crippen LogP contribution in [0, 0.1) is 0 Å². The van der Waals surface area contributed by atoms with E-state index in [0.29, 0.717) is 18.8 Å². The zero-order valence-corrected chi connectivity index (χ0v) is 19.8. The summed E-state index contributed by atoms with van der Waals surface area (Å²) in [4.78, 5) is 46.4. The van der Waals surface area contributed by atoms with Crippen LogP contribution in [0.4, 0.5) is 5.69 Å². The van der Waals surface area contributed by atoms with Crippen molar-refractivity contribution < 1.29 is 9.32 Å². The second kappa shape index (κ2) is 9.98. The van der Waals surface area contributed by atoms with Crippen LogP contribution < -0.4 is 16.1 Å². The fourth-order valence-corrected chi connectivity index (χ4v) is 4.13. The zero-order chi connectivity index (χ0) is 25.1. The number of aryl methyl sites for hydroxylation is 1. The van der Waals surface area contributed by atoms with E-state index in [1.54, 1.807) is 24.3 Å². The average Bonchev–Trinajstić information content (AvgIpc) is 3.40. The molecule has 0 bridgehead atoms. The molecule has 0 N–H and O–H groups in total. The van der Waals surface area contributed by atoms with Gasteiger partial charge in [-0.2, -0.15) is 14.8 Å². The van der Waals surface area contributed by atoms with Crippen molar-refractivity contribution in [2.75, 3.05) is 31.1 Å². The van der Waals surface area contributed by atoms with E-state index in [0.717, 1.165) is 28.0 Å². The highest BCUT2D eigenvalue weighted by Gasteiger charge is 2.23. The molecule has 0 unspecified atom stereocenters. The zero-order valence-electron chi connectivity index (χ0n) is 19.8. The van der Waals surface area contributed by atoms with Gasteiger partial charge in [0.2, 0.25) is 17.6 Å². The Kier molecular flexibility index (Phi) is 6.44. The number of hydrogen-bond donors (Lipinski definition) is 0. The molecule has 11 nitrogen and oxygen atoms in total. The number of piperazine rings is 1. The minimum Gasteiger partial charge on any atom is -0.368 e. The van der Waals surface area contributed by atoms with Gasteiger partial charge in [-0.15, -0.1) is 0 Å². The monoisotopic (exact) mass is 487 g/mol. The number of rotatable bonds is 6. The van der Waals surface area contributed by atoms with Crippen molar-refractivity contribution in [2.45, 2.75) is 12.8 Å². The van der Waals surface area contributed by atoms with Crippen LogP contribution in [-0.2, 0) is 18.3 Å². The minimum absolute atomic E-state index is 0.00845. The average molecular weight is 488 g/mol. The molecule has 11 heteroatoms. The summed E-state index contributed by atoms with van der Waals surface area (Å²) in [7, 11) is 1.37. The predicted molar refractivity (Wildman–Crippen MR) is 132 cm³/mol. The molecule has 5 rings (SSSR count). The number of para-hydroxylation sites is 2. The number of amides is 1. The summed E-state index contributed by atoms with van der Waals surface area (Å²) in [5.41, 5.74) is 0.324. The number of benzene rings is 2. The van der Waals surface area contributed by atoms with Crippen LogP contribution in [0.2, 0.25) is 0 Å². The van der Waals surface area contributed by atoms with Gasteiger partial charge in [0.15, 0.2) is 5.69 Å². The third-order valence-electron chi connectivity index (χ3n) is 6.16. The first-order valence-electron chi connectivity index (χ1n) is 11.7. The lowest BCUT2D eigenvalue weighted by Gasteiger charge is -2.36. The lowest BCUT2D eigenvalue weighted by molar-refractivity contribution is -0.131. The molecule has 1 fully saturated rings. The Balaban J connectivity index is 1.25. The Morgan fingerprint density at radius 1 is 0.917 bits per heavy atom. The summed E-state index contributed by atoms with van der Waals surface area (Å²) >= 11 is 0. The Bertz CT molecular complexity index is 1470. The van der Waals surface area contributed by atoms with Gasteiger partial charge in [0, 0.05) is 51.8 Å². The number of hydrogen-bond acceptors (Lipinski definition) is 8. The molecule has 1 amide bonds. The van der Waals surface area contributed by atoms with Gasteiger partial charge in [0.25, 0.3) is 5.56 Å². The van der Waals surface area contributed by atoms with E-state index in [1.807, 2.05) is 29.2 Å². The molecular formula is C25H25N7O4. The van der Waals surface area contributed by atoms with E-state index >= 15 is 0 Å². The SMILES string of the molecule is Cn1c(=O)c(-c2noc(CCC(=O)N3CCN(c4ccccc4)CC3)n2)nn(-c2ccccc2)c1=O. The van der Waals surface area contributed by atoms with Crippen molar-refractivity contribution in [1.82, 2.24) is 29.4 Å². The van der Waals surface area contributed by atoms with Crippen LogP contribution >= 0.6 is 0 Å². The van der Waals surface area contributed by atoms with Gasteiger partial charge in [0.1, 0.15) is 0 Å². The molecule has 3 heterocycles. The summed E-state index contributed by atoms with van der Waals surface area (Å²) in [5, 5.41) is 8.07. The van der Waals surface area contributed by atoms with E-state index in [4.69, 9.17) is 4.52 Å². The van der Waals surface area contributed by atoms with Crippen LogP contribution in [-0.4, -0.2) is 61.5 Å². The van der Waals surface area contributed by atoms with Crippen molar-refractivity contribution in [3.63, 3.8) is 0 Å². The smallest absolute Gasteiger partial charge is 0.351 e. The van der Waals surface area contributed by atoms with Crippen LogP contribution in [0.3, 0.4) is 0 Å². The molecule has 0 spiro atoms. The molecule has 36 heavy (non-hydrogen) atoms. The Morgan fingerprint density at radius 2 is 1.56 bits per heavy atom. The maximum atomic E-state index is 12.7. The molecule has 2 aromatic carbocycles. The highest BCUT2D eigenvalue weighted by molar-refractivity contribution is 5.76. The van der Waals surface area contributed by atoms with Crippen LogP contribution in [0.25, 0.3) is 17.2 Å². The number of carbonyl (C=O) groups is 1. The van der Waals surface area contributed by atoms with E-state index in [1.165, 1.54) is 7.05 Å². The Morgan fingerprint density at radius 3 is 2.22 bits per heavy atom. The number of aromatic nitrogens is 5. The standard InChI is InChI=1S/C25H25N7O4/c1-29-24(34)22(27-32(25(29)35)19-10-6-3-7-11-19)23-26-20(36-28-23)12-13-21(33)31-16-14-30(15-17-31)18-8-4-2-5-9-18/h2-11H,12-17H2,1H3. The van der Waals surface area contributed by atoms with Gasteiger partial charge < -0.3 is 14.3 Å². The first-order valence-corrected chi connectivity index (χ1v) is 11.7. The highest BCUT2D eigenvalue weighted by atomic mass is 16.5. The predicted octanol–water partition coefficient (Wildman–Crippen LogP) is 1.26. The molecule has 0 atom stereocenters. The van der Waals surface area contributed by atoms with Crippen LogP contribution in [0.5, 0.6) is 0 Å². The number of nitrogens with zero attached hydrogens (tertiary/aromatic N) is 7. The molecule has 4 aromatic rings. The number of carbonyl (C=O) groups excluding carboxylic acids is 1. The van der Waals surface area contributed by atoms with Crippen molar-refractivity contribution in [3.8, 4) is 17.2 Å². The minimum atomic E-state index is -0.633. The highest BCUT2D eigenvalue weighted by Crippen LogP contribution is 2.17. The van der Waals surface area contributed by atoms with Crippen molar-refractivity contribution in [3.05, 3.63) is 87.4 Å². The van der Waals surface area contributed by atoms with Crippen LogP contribution in [0.1, 0.15) is 12.3 Å². The molecule has 2 aromatic heterocycles. The summed E-state index contributed by atoms with van der Waals surface area (Å²) < 4.78 is 7.35. The van der Waals surface area contributed by atoms with E-state index in [9.17, 15) is 14.4 Å². The lowest BCUT2D eigenvalue weighted by Crippen LogP contribution is -2.48. The second-order valence-corrected chi connectivity index (χ2v) is 8.46. The fraction of sp³-hybridized carbons (Fsp3) is 0.280. The lowest BCUT2D eigenvalue weighted by atomic mass is 10.2. The topological polar surface area (TPSA) is 119 Å². The number of anilines is 1. The van der Waals surface area contributed by atoms with Gasteiger partial charge in [-0.05, 0) is 24.3 Å². The Hall–Kier alpha value is -4.54. The maximum Gasteiger partial charge on any atom is 0.351 e. The van der Waals surface area contributed by atoms with Gasteiger partial charge >= 0.3 is 5.69 Å². The first-order chi connectivity index (χ1) is 17.5. The maximum absolute atomic E-state index is 12.7. The molecule has 0 aliphatic carbocycles. The summed E-state index contributed by atoms with van der Waals surface area (Å²) in [6.45, 7) is 2.83. The molecule has 0 saturated carbocycles. The van der Waals surface area contributed by atoms with Crippen molar-refractivity contribution in [2.24, 2.45) is 7.05 Å². The largest absolute Gasteiger partial charge is 0.368 e. The second-order valence-electron chi connectivity index (χ2n) is 8.46. The van der Waals surface area contributed by atoms with Gasteiger partial charge in [-0.1, -0.05) is 41.6 Å². The molecule has 1 aliphatic rings. The third kappa shape index (κ3) is 4.67. The quantitative estimate of drug-likeness (QED) is 0.399. The molecule has 1 saturated heterocycles. The van der Waals surface area contributed by atoms with E-state index in [-0.39, 0.29) is 36.2 Å². The summed E-state index contributed by atoms with van der Waals surface area (Å²) in [6.07, 6.45) is 0.450.